The van der Waals surface area contributed by atoms with Gasteiger partial charge in [-0.3, -0.25) is 0 Å². The third kappa shape index (κ3) is 2.52. The highest BCUT2D eigenvalue weighted by atomic mass is 35.5. The van der Waals surface area contributed by atoms with Gasteiger partial charge in [-0.05, 0) is 24.7 Å². The van der Waals surface area contributed by atoms with Crippen LogP contribution in [0, 0.1) is 0 Å². The molecule has 0 spiro atoms. The molecule has 2 N–H and O–H groups in total. The second-order valence-electron chi connectivity index (χ2n) is 3.21. The molecule has 1 heterocycles. The molecule has 84 valence electrons. The molecular formula is C10H9Cl2N3O. The van der Waals surface area contributed by atoms with E-state index in [1.807, 2.05) is 0 Å². The zero-order valence-electron chi connectivity index (χ0n) is 8.28. The van der Waals surface area contributed by atoms with Gasteiger partial charge in [-0.2, -0.15) is 4.98 Å². The highest BCUT2D eigenvalue weighted by molar-refractivity contribution is 6.35. The van der Waals surface area contributed by atoms with Crippen molar-refractivity contribution in [3.8, 4) is 11.5 Å². The summed E-state index contributed by atoms with van der Waals surface area (Å²) in [6.07, 6.45) is 0.581. The van der Waals surface area contributed by atoms with E-state index in [0.29, 0.717) is 40.3 Å². The van der Waals surface area contributed by atoms with Gasteiger partial charge in [0.1, 0.15) is 0 Å². The molecule has 0 amide bonds. The normalized spacial score (nSPS) is 10.7. The first-order valence-corrected chi connectivity index (χ1v) is 5.44. The van der Waals surface area contributed by atoms with Crippen molar-refractivity contribution in [3.63, 3.8) is 0 Å². The smallest absolute Gasteiger partial charge is 0.258 e. The standard InChI is InChI=1S/C10H9Cl2N3O/c11-7-3-6(4-8(12)5-7)10-14-9(1-2-13)15-16-10/h3-5H,1-2,13H2. The van der Waals surface area contributed by atoms with Crippen LogP contribution in [0.3, 0.4) is 0 Å². The van der Waals surface area contributed by atoms with Gasteiger partial charge < -0.3 is 10.3 Å². The Morgan fingerprint density at radius 1 is 1.19 bits per heavy atom. The van der Waals surface area contributed by atoms with E-state index in [-0.39, 0.29) is 0 Å². The predicted molar refractivity (Wildman–Crippen MR) is 62.5 cm³/mol. The highest BCUT2D eigenvalue weighted by Gasteiger charge is 2.09. The van der Waals surface area contributed by atoms with Gasteiger partial charge in [0.15, 0.2) is 5.82 Å². The molecule has 0 aliphatic carbocycles. The predicted octanol–water partition coefficient (Wildman–Crippen LogP) is 2.54. The quantitative estimate of drug-likeness (QED) is 0.918. The van der Waals surface area contributed by atoms with Gasteiger partial charge in [0.2, 0.25) is 0 Å². The van der Waals surface area contributed by atoms with Gasteiger partial charge in [-0.25, -0.2) is 0 Å². The number of aromatic nitrogens is 2. The summed E-state index contributed by atoms with van der Waals surface area (Å²) in [5, 5.41) is 4.85. The number of nitrogens with zero attached hydrogens (tertiary/aromatic N) is 2. The maximum absolute atomic E-state index is 5.87. The van der Waals surface area contributed by atoms with E-state index in [0.717, 1.165) is 0 Å². The average molecular weight is 258 g/mol. The SMILES string of the molecule is NCCc1noc(-c2cc(Cl)cc(Cl)c2)n1. The van der Waals surface area contributed by atoms with Gasteiger partial charge in [-0.15, -0.1) is 0 Å². The van der Waals surface area contributed by atoms with Gasteiger partial charge in [0.05, 0.1) is 0 Å². The summed E-state index contributed by atoms with van der Waals surface area (Å²) in [5.74, 6) is 0.974. The molecule has 16 heavy (non-hydrogen) atoms. The highest BCUT2D eigenvalue weighted by Crippen LogP contribution is 2.25. The molecule has 1 aromatic carbocycles. The molecular weight excluding hydrogens is 249 g/mol. The Morgan fingerprint density at radius 2 is 1.88 bits per heavy atom. The molecule has 2 aromatic rings. The van der Waals surface area contributed by atoms with Crippen LogP contribution in [0.4, 0.5) is 0 Å². The van der Waals surface area contributed by atoms with E-state index in [9.17, 15) is 0 Å². The number of hydrogen-bond donors (Lipinski definition) is 1. The largest absolute Gasteiger partial charge is 0.334 e. The lowest BCUT2D eigenvalue weighted by Gasteiger charge is -1.96. The van der Waals surface area contributed by atoms with Gasteiger partial charge in [0.25, 0.3) is 5.89 Å². The van der Waals surface area contributed by atoms with Crippen molar-refractivity contribution in [2.45, 2.75) is 6.42 Å². The molecule has 0 fully saturated rings. The topological polar surface area (TPSA) is 64.9 Å². The molecule has 0 aliphatic rings. The van der Waals surface area contributed by atoms with Crippen LogP contribution in [0.1, 0.15) is 5.82 Å². The minimum atomic E-state index is 0.396. The summed E-state index contributed by atoms with van der Waals surface area (Å²) in [4.78, 5) is 4.18. The first kappa shape index (κ1) is 11.4. The molecule has 1 aromatic heterocycles. The third-order valence-corrected chi connectivity index (χ3v) is 2.38. The number of benzene rings is 1. The van der Waals surface area contributed by atoms with Crippen LogP contribution in [-0.4, -0.2) is 16.7 Å². The van der Waals surface area contributed by atoms with E-state index in [1.165, 1.54) is 0 Å². The van der Waals surface area contributed by atoms with Crippen molar-refractivity contribution >= 4 is 23.2 Å². The zero-order chi connectivity index (χ0) is 11.5. The number of rotatable bonds is 3. The lowest BCUT2D eigenvalue weighted by Crippen LogP contribution is -2.03. The summed E-state index contributed by atoms with van der Waals surface area (Å²) in [6, 6.07) is 5.07. The van der Waals surface area contributed by atoms with E-state index in [4.69, 9.17) is 33.5 Å². The van der Waals surface area contributed by atoms with Crippen LogP contribution in [0.2, 0.25) is 10.0 Å². The van der Waals surface area contributed by atoms with Crippen LogP contribution in [0.25, 0.3) is 11.5 Å². The molecule has 2 rings (SSSR count). The van der Waals surface area contributed by atoms with Gasteiger partial charge in [-0.1, -0.05) is 28.4 Å². The minimum Gasteiger partial charge on any atom is -0.334 e. The monoisotopic (exact) mass is 257 g/mol. The first-order chi connectivity index (χ1) is 7.69. The maximum Gasteiger partial charge on any atom is 0.258 e. The Balaban J connectivity index is 2.34. The van der Waals surface area contributed by atoms with Crippen molar-refractivity contribution in [2.24, 2.45) is 5.73 Å². The second-order valence-corrected chi connectivity index (χ2v) is 4.09. The Labute approximate surface area is 102 Å². The lowest BCUT2D eigenvalue weighted by molar-refractivity contribution is 0.422. The fraction of sp³-hybridized carbons (Fsp3) is 0.200. The molecule has 0 saturated heterocycles. The van der Waals surface area contributed by atoms with Gasteiger partial charge >= 0.3 is 0 Å². The van der Waals surface area contributed by atoms with Gasteiger partial charge in [0, 0.05) is 22.0 Å². The van der Waals surface area contributed by atoms with Crippen molar-refractivity contribution in [1.82, 2.24) is 10.1 Å². The summed E-state index contributed by atoms with van der Waals surface area (Å²) >= 11 is 11.7. The van der Waals surface area contributed by atoms with Crippen molar-refractivity contribution in [3.05, 3.63) is 34.1 Å². The van der Waals surface area contributed by atoms with E-state index in [2.05, 4.69) is 10.1 Å². The fourth-order valence-corrected chi connectivity index (χ4v) is 1.81. The zero-order valence-corrected chi connectivity index (χ0v) is 9.79. The van der Waals surface area contributed by atoms with Crippen molar-refractivity contribution < 1.29 is 4.52 Å². The molecule has 0 radical (unpaired) electrons. The number of halogens is 2. The van der Waals surface area contributed by atoms with E-state index >= 15 is 0 Å². The average Bonchev–Trinajstić information content (AvgIpc) is 2.65. The lowest BCUT2D eigenvalue weighted by atomic mass is 10.2. The summed E-state index contributed by atoms with van der Waals surface area (Å²) in [6.45, 7) is 0.481. The maximum atomic E-state index is 5.87. The first-order valence-electron chi connectivity index (χ1n) is 4.68. The Morgan fingerprint density at radius 3 is 2.50 bits per heavy atom. The van der Waals surface area contributed by atoms with Crippen LogP contribution in [0.15, 0.2) is 22.7 Å². The van der Waals surface area contributed by atoms with Crippen LogP contribution in [0.5, 0.6) is 0 Å². The van der Waals surface area contributed by atoms with Crippen molar-refractivity contribution in [1.29, 1.82) is 0 Å². The minimum absolute atomic E-state index is 0.396. The summed E-state index contributed by atoms with van der Waals surface area (Å²) < 4.78 is 5.08. The molecule has 0 atom stereocenters. The van der Waals surface area contributed by atoms with E-state index < -0.39 is 0 Å². The van der Waals surface area contributed by atoms with E-state index in [1.54, 1.807) is 18.2 Å². The summed E-state index contributed by atoms with van der Waals surface area (Å²) in [5.41, 5.74) is 6.09. The third-order valence-electron chi connectivity index (χ3n) is 1.95. The Hall–Kier alpha value is -1.10. The number of nitrogens with two attached hydrogens (primary N) is 1. The second kappa shape index (κ2) is 4.82. The number of hydrogen-bond acceptors (Lipinski definition) is 4. The van der Waals surface area contributed by atoms with Crippen LogP contribution >= 0.6 is 23.2 Å². The molecule has 0 aliphatic heterocycles. The molecule has 4 nitrogen and oxygen atoms in total. The van der Waals surface area contributed by atoms with Crippen LogP contribution < -0.4 is 5.73 Å². The summed E-state index contributed by atoms with van der Waals surface area (Å²) in [7, 11) is 0. The molecule has 0 saturated carbocycles. The molecule has 0 bridgehead atoms. The Kier molecular flexibility index (Phi) is 3.43. The molecule has 0 unspecified atom stereocenters. The molecule has 6 heteroatoms. The fourth-order valence-electron chi connectivity index (χ4n) is 1.28. The van der Waals surface area contributed by atoms with Crippen molar-refractivity contribution in [2.75, 3.05) is 6.54 Å². The Bertz CT molecular complexity index is 478. The van der Waals surface area contributed by atoms with Crippen LogP contribution in [-0.2, 0) is 6.42 Å².